The van der Waals surface area contributed by atoms with E-state index < -0.39 is 49.1 Å². The Balaban J connectivity index is 1.24. The Bertz CT molecular complexity index is 1950. The van der Waals surface area contributed by atoms with E-state index in [1.807, 2.05) is 0 Å². The van der Waals surface area contributed by atoms with Crippen molar-refractivity contribution in [1.29, 1.82) is 0 Å². The normalized spacial score (nSPS) is 19.7. The number of piperidine rings is 3. The summed E-state index contributed by atoms with van der Waals surface area (Å²) in [6.45, 7) is -0.804. The van der Waals surface area contributed by atoms with Gasteiger partial charge < -0.3 is 18.9 Å². The first kappa shape index (κ1) is 32.4. The van der Waals surface area contributed by atoms with E-state index in [1.54, 1.807) is 18.2 Å². The zero-order valence-corrected chi connectivity index (χ0v) is 28.5. The van der Waals surface area contributed by atoms with Gasteiger partial charge in [0.2, 0.25) is 0 Å². The molecule has 1 aromatic heterocycles. The summed E-state index contributed by atoms with van der Waals surface area (Å²) >= 11 is 12.8. The Morgan fingerprint density at radius 1 is 1.02 bits per heavy atom. The molecule has 4 heterocycles. The highest BCUT2D eigenvalue weighted by molar-refractivity contribution is 6.35. The Hall–Kier alpha value is -4.52. The summed E-state index contributed by atoms with van der Waals surface area (Å²) in [6, 6.07) is 15.5. The number of fused-ring (bicyclic) bond motifs is 3. The van der Waals surface area contributed by atoms with Gasteiger partial charge in [-0.3, -0.25) is 9.80 Å². The minimum absolute atomic E-state index is 0.0396. The van der Waals surface area contributed by atoms with E-state index in [9.17, 15) is 18.4 Å². The van der Waals surface area contributed by atoms with Gasteiger partial charge in [-0.1, -0.05) is 53.5 Å². The first-order valence-corrected chi connectivity index (χ1v) is 16.9. The first-order valence-electron chi connectivity index (χ1n) is 17.6. The molecular formula is C37H35Cl2F3N3O6+. The van der Waals surface area contributed by atoms with Crippen LogP contribution in [0, 0.1) is 11.7 Å². The van der Waals surface area contributed by atoms with E-state index in [0.717, 1.165) is 38.1 Å². The molecule has 51 heavy (non-hydrogen) atoms. The van der Waals surface area contributed by atoms with Gasteiger partial charge >= 0.3 is 18.7 Å². The maximum absolute atomic E-state index is 15.0. The van der Waals surface area contributed by atoms with E-state index in [0.29, 0.717) is 17.7 Å². The van der Waals surface area contributed by atoms with Crippen molar-refractivity contribution >= 4 is 41.0 Å². The highest BCUT2D eigenvalue weighted by Crippen LogP contribution is 2.36. The largest absolute Gasteiger partial charge is 0.493 e. The number of para-hydroxylation sites is 1. The summed E-state index contributed by atoms with van der Waals surface area (Å²) in [6.07, 6.45) is 2.48. The van der Waals surface area contributed by atoms with Crippen molar-refractivity contribution < 1.29 is 50.8 Å². The molecule has 3 saturated heterocycles. The molecule has 1 N–H and O–H groups in total. The van der Waals surface area contributed by atoms with Crippen LogP contribution in [0.15, 0.2) is 79.1 Å². The predicted molar refractivity (Wildman–Crippen MR) is 183 cm³/mol. The second kappa shape index (κ2) is 16.2. The smallest absolute Gasteiger partial charge is 0.415 e. The van der Waals surface area contributed by atoms with Crippen LogP contribution in [0.1, 0.15) is 50.1 Å². The molecule has 0 saturated carbocycles. The second-order valence-corrected chi connectivity index (χ2v) is 13.0. The lowest BCUT2D eigenvalue weighted by Gasteiger charge is -2.44. The summed E-state index contributed by atoms with van der Waals surface area (Å²) in [4.78, 5) is 33.5. The zero-order chi connectivity index (χ0) is 38.6. The molecule has 9 nitrogen and oxygen atoms in total. The molecule has 3 fully saturated rings. The molecule has 0 unspecified atom stereocenters. The number of carbonyl (C=O) groups excluding carboxylic acids is 2. The highest BCUT2D eigenvalue weighted by atomic mass is 35.5. The van der Waals surface area contributed by atoms with E-state index in [1.165, 1.54) is 53.7 Å². The summed E-state index contributed by atoms with van der Waals surface area (Å²) in [5.74, 6) is -2.27. The van der Waals surface area contributed by atoms with Crippen molar-refractivity contribution in [2.24, 2.45) is 5.92 Å². The Labute approximate surface area is 307 Å². The van der Waals surface area contributed by atoms with E-state index in [2.05, 4.69) is 14.6 Å². The van der Waals surface area contributed by atoms with Crippen LogP contribution < -0.4 is 19.4 Å². The summed E-state index contributed by atoms with van der Waals surface area (Å²) < 4.78 is 85.1. The van der Waals surface area contributed by atoms with Gasteiger partial charge in [0.1, 0.15) is 28.1 Å². The van der Waals surface area contributed by atoms with Gasteiger partial charge in [0.25, 0.3) is 0 Å². The fourth-order valence-electron chi connectivity index (χ4n) is 6.36. The number of hydrogen-bond acceptors (Lipinski definition) is 7. The number of halogens is 5. The molecule has 14 heteroatoms. The number of methoxy groups -OCH3 is 1. The van der Waals surface area contributed by atoms with Crippen molar-refractivity contribution in [3.05, 3.63) is 117 Å². The van der Waals surface area contributed by atoms with Crippen molar-refractivity contribution in [1.82, 2.24) is 4.90 Å². The first-order chi connectivity index (χ1) is 25.7. The number of anilines is 1. The van der Waals surface area contributed by atoms with Gasteiger partial charge in [0.15, 0.2) is 23.9 Å². The number of benzene rings is 3. The number of rotatable bonds is 12. The summed E-state index contributed by atoms with van der Waals surface area (Å²) in [7, 11) is -3.03. The Morgan fingerprint density at radius 3 is 2.39 bits per heavy atom. The number of aromatic amines is 1. The lowest BCUT2D eigenvalue weighted by Crippen LogP contribution is -2.53. The van der Waals surface area contributed by atoms with Crippen molar-refractivity contribution in [2.45, 2.75) is 44.6 Å². The molecule has 7 rings (SSSR count). The number of alkyl halides is 2. The molecular weight excluding hydrogens is 710 g/mol. The SMILES string of the molecule is [2H]C([2H])([2H])Oc1cc([C@H](Cc2c(Cl)c[nH+]cc2Cl)OC(=O)c2ccc(CN(C(=O)O[C@H]3CN4CCC3CC4)c3ccccc3F)cc2)ccc1OC(F)F. The number of nitrogens with one attached hydrogen (secondary N) is 1. The zero-order valence-electron chi connectivity index (χ0n) is 30.0. The van der Waals surface area contributed by atoms with E-state index >= 15 is 4.39 Å². The number of ether oxygens (including phenoxy) is 4. The third kappa shape index (κ3) is 8.69. The average molecular weight is 749 g/mol. The lowest BCUT2D eigenvalue weighted by molar-refractivity contribution is -0.377. The molecule has 3 aromatic carbocycles. The highest BCUT2D eigenvalue weighted by Gasteiger charge is 2.38. The number of pyridine rings is 1. The summed E-state index contributed by atoms with van der Waals surface area (Å²) in [5.41, 5.74) is 1.21. The fourth-order valence-corrected chi connectivity index (χ4v) is 6.90. The molecule has 0 aliphatic carbocycles. The topological polar surface area (TPSA) is 91.7 Å². The minimum atomic E-state index is -3.28. The van der Waals surface area contributed by atoms with Crippen molar-refractivity contribution in [3.8, 4) is 11.5 Å². The standard InChI is InChI=1S/C37H34Cl2F3N3O6/c1-48-33-16-25(10-11-31(33)50-36(41)42)32(17-26-27(38)18-43-19-28(26)39)49-35(46)24-8-6-22(7-9-24)20-45(30-5-3-2-4-29(30)40)37(47)51-34-21-44-14-12-23(34)13-15-44/h2-11,16,18-19,23,32,34,36H,12-15,17,20-21H2,1H3/p+1/t32-,34-/m0/s1/i1D3. The molecule has 0 radical (unpaired) electrons. The lowest BCUT2D eigenvalue weighted by atomic mass is 9.86. The number of esters is 1. The Morgan fingerprint density at radius 2 is 1.75 bits per heavy atom. The number of H-pyrrole nitrogens is 1. The molecule has 1 amide bonds. The maximum Gasteiger partial charge on any atom is 0.415 e. The number of nitrogens with zero attached hydrogens (tertiary/aromatic N) is 2. The molecule has 4 aromatic rings. The van der Waals surface area contributed by atoms with Gasteiger partial charge in [0.05, 0.1) is 28.9 Å². The maximum atomic E-state index is 15.0. The van der Waals surface area contributed by atoms with Crippen LogP contribution in [0.2, 0.25) is 10.0 Å². The van der Waals surface area contributed by atoms with Crippen LogP contribution in [-0.2, 0) is 22.4 Å². The Kier molecular flexibility index (Phi) is 10.3. The third-order valence-corrected chi connectivity index (χ3v) is 9.72. The average Bonchev–Trinajstić information content (AvgIpc) is 3.12. The molecule has 2 bridgehead atoms. The number of carbonyl (C=O) groups is 2. The molecule has 3 aliphatic heterocycles. The predicted octanol–water partition coefficient (Wildman–Crippen LogP) is 7.93. The van der Waals surface area contributed by atoms with Crippen LogP contribution >= 0.6 is 23.2 Å². The number of hydrogen-bond donors (Lipinski definition) is 0. The van der Waals surface area contributed by atoms with Gasteiger partial charge in [-0.2, -0.15) is 8.78 Å². The van der Waals surface area contributed by atoms with Gasteiger partial charge in [-0.15, -0.1) is 0 Å². The minimum Gasteiger partial charge on any atom is -0.493 e. The van der Waals surface area contributed by atoms with Crippen LogP contribution in [0.25, 0.3) is 0 Å². The van der Waals surface area contributed by atoms with Crippen molar-refractivity contribution in [3.63, 3.8) is 0 Å². The monoisotopic (exact) mass is 747 g/mol. The fraction of sp³-hybridized carbons (Fsp3) is 0.324. The molecule has 0 spiro atoms. The third-order valence-electron chi connectivity index (χ3n) is 9.04. The molecule has 3 aliphatic rings. The summed E-state index contributed by atoms with van der Waals surface area (Å²) in [5, 5.41) is 0.409. The van der Waals surface area contributed by atoms with Crippen LogP contribution in [0.5, 0.6) is 11.5 Å². The second-order valence-electron chi connectivity index (χ2n) is 12.2. The number of amides is 1. The number of aromatic nitrogens is 1. The van der Waals surface area contributed by atoms with Gasteiger partial charge in [-0.25, -0.2) is 19.0 Å². The van der Waals surface area contributed by atoms with E-state index in [4.69, 9.17) is 41.5 Å². The van der Waals surface area contributed by atoms with Gasteiger partial charge in [0, 0.05) is 18.5 Å². The van der Waals surface area contributed by atoms with Crippen LogP contribution in [0.3, 0.4) is 0 Å². The molecule has 268 valence electrons. The van der Waals surface area contributed by atoms with Crippen LogP contribution in [-0.4, -0.2) is 56.4 Å². The van der Waals surface area contributed by atoms with E-state index in [-0.39, 0.29) is 51.8 Å². The molecule has 2 atom stereocenters. The van der Waals surface area contributed by atoms with Gasteiger partial charge in [-0.05, 0) is 79.4 Å². The quantitative estimate of drug-likeness (QED) is 0.136. The van der Waals surface area contributed by atoms with Crippen LogP contribution in [0.4, 0.5) is 23.7 Å². The van der Waals surface area contributed by atoms with Crippen molar-refractivity contribution in [2.75, 3.05) is 31.6 Å².